The van der Waals surface area contributed by atoms with Crippen molar-refractivity contribution in [1.29, 1.82) is 0 Å². The van der Waals surface area contributed by atoms with Gasteiger partial charge in [-0.2, -0.15) is 0 Å². The fourth-order valence-corrected chi connectivity index (χ4v) is 2.64. The van der Waals surface area contributed by atoms with E-state index >= 15 is 0 Å². The summed E-state index contributed by atoms with van der Waals surface area (Å²) in [5, 5.41) is 2.24. The summed E-state index contributed by atoms with van der Waals surface area (Å²) in [5.74, 6) is -1.26. The molecule has 0 bridgehead atoms. The zero-order chi connectivity index (χ0) is 16.4. The topological polar surface area (TPSA) is 66.5 Å². The van der Waals surface area contributed by atoms with Crippen LogP contribution >= 0.6 is 0 Å². The Morgan fingerprint density at radius 1 is 1.18 bits per heavy atom. The van der Waals surface area contributed by atoms with Gasteiger partial charge in [-0.25, -0.2) is 0 Å². The lowest BCUT2D eigenvalue weighted by Gasteiger charge is -2.31. The molecule has 2 saturated heterocycles. The van der Waals surface area contributed by atoms with Gasteiger partial charge in [0.1, 0.15) is 6.04 Å². The smallest absolute Gasteiger partial charge is 0.259 e. The van der Waals surface area contributed by atoms with Crippen LogP contribution in [0.25, 0.3) is 0 Å². The quantitative estimate of drug-likeness (QED) is 0.480. The SMILES string of the molecule is C=C1CC(=O)NC(=O)C1N1C(=C)C(=C/C)/C(=C\C=C/C)C1=O. The Hall–Kier alpha value is -2.69. The second kappa shape index (κ2) is 5.97. The fourth-order valence-electron chi connectivity index (χ4n) is 2.64. The number of nitrogens with zero attached hydrogens (tertiary/aromatic N) is 1. The Balaban J connectivity index is 2.46. The molecule has 2 aliphatic heterocycles. The minimum Gasteiger partial charge on any atom is -0.294 e. The van der Waals surface area contributed by atoms with E-state index in [0.29, 0.717) is 22.4 Å². The molecule has 22 heavy (non-hydrogen) atoms. The first kappa shape index (κ1) is 15.7. The Morgan fingerprint density at radius 3 is 2.41 bits per heavy atom. The number of rotatable bonds is 2. The third kappa shape index (κ3) is 2.45. The normalized spacial score (nSPS) is 26.7. The van der Waals surface area contributed by atoms with Crippen molar-refractivity contribution >= 4 is 17.7 Å². The number of allylic oxidation sites excluding steroid dienone is 5. The van der Waals surface area contributed by atoms with Crippen LogP contribution < -0.4 is 5.32 Å². The van der Waals surface area contributed by atoms with Crippen LogP contribution in [0.4, 0.5) is 0 Å². The van der Waals surface area contributed by atoms with Crippen molar-refractivity contribution in [3.8, 4) is 0 Å². The van der Waals surface area contributed by atoms with E-state index in [0.717, 1.165) is 0 Å². The number of nitrogens with one attached hydrogen (secondary N) is 1. The molecule has 2 rings (SSSR count). The van der Waals surface area contributed by atoms with Crippen molar-refractivity contribution in [3.63, 3.8) is 0 Å². The number of hydrogen-bond acceptors (Lipinski definition) is 3. The van der Waals surface area contributed by atoms with Crippen LogP contribution in [0.15, 0.2) is 59.9 Å². The largest absolute Gasteiger partial charge is 0.294 e. The molecule has 0 aromatic carbocycles. The van der Waals surface area contributed by atoms with Gasteiger partial charge in [0.2, 0.25) is 5.91 Å². The summed E-state index contributed by atoms with van der Waals surface area (Å²) in [5.41, 5.74) is 1.99. The van der Waals surface area contributed by atoms with E-state index in [-0.39, 0.29) is 12.3 Å². The van der Waals surface area contributed by atoms with Gasteiger partial charge in [-0.15, -0.1) is 0 Å². The van der Waals surface area contributed by atoms with Crippen LogP contribution in [0.5, 0.6) is 0 Å². The first-order valence-corrected chi connectivity index (χ1v) is 6.96. The van der Waals surface area contributed by atoms with Gasteiger partial charge in [-0.3, -0.25) is 24.6 Å². The molecule has 1 N–H and O–H groups in total. The van der Waals surface area contributed by atoms with E-state index in [1.807, 2.05) is 13.0 Å². The van der Waals surface area contributed by atoms with Gasteiger partial charge < -0.3 is 0 Å². The molecule has 114 valence electrons. The van der Waals surface area contributed by atoms with Crippen LogP contribution in [0.1, 0.15) is 20.3 Å². The summed E-state index contributed by atoms with van der Waals surface area (Å²) in [6.45, 7) is 11.4. The number of hydrogen-bond donors (Lipinski definition) is 1. The van der Waals surface area contributed by atoms with Crippen molar-refractivity contribution in [3.05, 3.63) is 59.9 Å². The molecule has 5 nitrogen and oxygen atoms in total. The highest BCUT2D eigenvalue weighted by molar-refractivity contribution is 6.11. The van der Waals surface area contributed by atoms with Crippen LogP contribution in [0.3, 0.4) is 0 Å². The molecular weight excluding hydrogens is 280 g/mol. The molecule has 0 aromatic rings. The maximum Gasteiger partial charge on any atom is 0.259 e. The van der Waals surface area contributed by atoms with Gasteiger partial charge in [0, 0.05) is 16.8 Å². The molecule has 1 unspecified atom stereocenters. The van der Waals surface area contributed by atoms with Crippen LogP contribution in [0, 0.1) is 0 Å². The van der Waals surface area contributed by atoms with Gasteiger partial charge in [0.25, 0.3) is 11.8 Å². The number of amides is 3. The minimum absolute atomic E-state index is 0.0204. The average Bonchev–Trinajstić information content (AvgIpc) is 2.67. The molecule has 5 heteroatoms. The summed E-state index contributed by atoms with van der Waals surface area (Å²) in [6.07, 6.45) is 7.06. The molecule has 2 fully saturated rings. The molecule has 2 heterocycles. The highest BCUT2D eigenvalue weighted by Gasteiger charge is 2.44. The summed E-state index contributed by atoms with van der Waals surface area (Å²) in [6, 6.07) is -0.899. The lowest BCUT2D eigenvalue weighted by Crippen LogP contribution is -2.53. The Bertz CT molecular complexity index is 660. The van der Waals surface area contributed by atoms with Crippen LogP contribution in [-0.4, -0.2) is 28.7 Å². The lowest BCUT2D eigenvalue weighted by atomic mass is 9.98. The van der Waals surface area contributed by atoms with Crippen molar-refractivity contribution in [2.24, 2.45) is 0 Å². The molecule has 0 saturated carbocycles. The van der Waals surface area contributed by atoms with E-state index in [1.54, 1.807) is 25.2 Å². The summed E-state index contributed by atoms with van der Waals surface area (Å²) in [4.78, 5) is 37.5. The second-order valence-corrected chi connectivity index (χ2v) is 5.08. The third-order valence-corrected chi connectivity index (χ3v) is 3.63. The zero-order valence-electron chi connectivity index (χ0n) is 12.7. The van der Waals surface area contributed by atoms with E-state index < -0.39 is 17.9 Å². The Labute approximate surface area is 129 Å². The highest BCUT2D eigenvalue weighted by atomic mass is 16.2. The van der Waals surface area contributed by atoms with E-state index in [1.165, 1.54) is 4.90 Å². The number of likely N-dealkylation sites (tertiary alicyclic amines) is 1. The van der Waals surface area contributed by atoms with Gasteiger partial charge in [0.05, 0.1) is 6.42 Å². The van der Waals surface area contributed by atoms with Crippen molar-refractivity contribution in [2.45, 2.75) is 26.3 Å². The molecule has 0 radical (unpaired) electrons. The van der Waals surface area contributed by atoms with Crippen LogP contribution in [-0.2, 0) is 14.4 Å². The maximum atomic E-state index is 12.7. The second-order valence-electron chi connectivity index (χ2n) is 5.08. The first-order chi connectivity index (χ1) is 10.4. The molecular formula is C17H18N2O3. The zero-order valence-corrected chi connectivity index (χ0v) is 12.7. The van der Waals surface area contributed by atoms with Gasteiger partial charge >= 0.3 is 0 Å². The summed E-state index contributed by atoms with van der Waals surface area (Å²) < 4.78 is 0. The van der Waals surface area contributed by atoms with Gasteiger partial charge in [-0.1, -0.05) is 31.4 Å². The predicted molar refractivity (Wildman–Crippen MR) is 83.3 cm³/mol. The lowest BCUT2D eigenvalue weighted by molar-refractivity contribution is -0.138. The monoisotopic (exact) mass is 298 g/mol. The van der Waals surface area contributed by atoms with E-state index in [4.69, 9.17) is 0 Å². The van der Waals surface area contributed by atoms with Gasteiger partial charge in [0.15, 0.2) is 0 Å². The average molecular weight is 298 g/mol. The molecule has 2 aliphatic rings. The fraction of sp³-hybridized carbons (Fsp3) is 0.235. The number of piperidine rings is 1. The van der Waals surface area contributed by atoms with Crippen molar-refractivity contribution < 1.29 is 14.4 Å². The molecule has 0 spiro atoms. The Kier molecular flexibility index (Phi) is 4.26. The molecule has 3 amide bonds. The van der Waals surface area contributed by atoms with E-state index in [9.17, 15) is 14.4 Å². The molecule has 1 atom stereocenters. The number of carbonyl (C=O) groups excluding carboxylic acids is 3. The number of imide groups is 1. The summed E-state index contributed by atoms with van der Waals surface area (Å²) in [7, 11) is 0. The highest BCUT2D eigenvalue weighted by Crippen LogP contribution is 2.36. The Morgan fingerprint density at radius 2 is 1.86 bits per heavy atom. The predicted octanol–water partition coefficient (Wildman–Crippen LogP) is 1.76. The molecule has 0 aliphatic carbocycles. The maximum absolute atomic E-state index is 12.7. The minimum atomic E-state index is -0.899. The third-order valence-electron chi connectivity index (χ3n) is 3.63. The van der Waals surface area contributed by atoms with Crippen molar-refractivity contribution in [2.75, 3.05) is 0 Å². The van der Waals surface area contributed by atoms with Crippen LogP contribution in [0.2, 0.25) is 0 Å². The van der Waals surface area contributed by atoms with Crippen molar-refractivity contribution in [1.82, 2.24) is 10.2 Å². The number of carbonyl (C=O) groups is 3. The standard InChI is InChI=1S/C17H18N2O3/c1-5-7-8-13-12(6-2)11(4)19(17(13)22)15-10(3)9-14(20)18-16(15)21/h5-8,15H,3-4,9H2,1-2H3,(H,18,20,21)/b7-5-,12-6-,13-8+. The summed E-state index contributed by atoms with van der Waals surface area (Å²) >= 11 is 0. The van der Waals surface area contributed by atoms with Gasteiger partial charge in [-0.05, 0) is 25.5 Å². The first-order valence-electron chi connectivity index (χ1n) is 6.96. The molecule has 0 aromatic heterocycles. The van der Waals surface area contributed by atoms with E-state index in [2.05, 4.69) is 18.5 Å².